The quantitative estimate of drug-likeness (QED) is 0.380. The molecular formula is C21H26N4O6S. The number of anilines is 1. The number of nitrogens with two attached hydrogens (primary N) is 1. The fourth-order valence-electron chi connectivity index (χ4n) is 2.73. The van der Waals surface area contributed by atoms with Crippen LogP contribution in [0.4, 0.5) is 5.69 Å². The van der Waals surface area contributed by atoms with Crippen molar-refractivity contribution in [2.45, 2.75) is 19.9 Å². The van der Waals surface area contributed by atoms with Crippen LogP contribution in [0.2, 0.25) is 0 Å². The highest BCUT2D eigenvalue weighted by Gasteiger charge is 2.29. The summed E-state index contributed by atoms with van der Waals surface area (Å²) < 4.78 is 36.2. The molecule has 11 heteroatoms. The smallest absolute Gasteiger partial charge is 0.263 e. The Morgan fingerprint density at radius 2 is 1.66 bits per heavy atom. The Labute approximate surface area is 187 Å². The molecule has 2 aromatic carbocycles. The Morgan fingerprint density at radius 3 is 2.19 bits per heavy atom. The van der Waals surface area contributed by atoms with Crippen LogP contribution in [0.25, 0.3) is 0 Å². The molecule has 2 rings (SSSR count). The van der Waals surface area contributed by atoms with Crippen molar-refractivity contribution in [2.24, 2.45) is 10.8 Å². The van der Waals surface area contributed by atoms with Crippen molar-refractivity contribution < 1.29 is 27.5 Å². The Hall–Kier alpha value is -3.60. The molecule has 0 aliphatic rings. The van der Waals surface area contributed by atoms with E-state index in [1.54, 1.807) is 48.5 Å². The minimum atomic E-state index is -3.75. The summed E-state index contributed by atoms with van der Waals surface area (Å²) in [7, 11) is -3.75. The number of hydrazone groups is 1. The maximum atomic E-state index is 12.5. The first-order valence-corrected chi connectivity index (χ1v) is 11.5. The minimum Gasteiger partial charge on any atom is -0.494 e. The number of rotatable bonds is 11. The number of carbonyl (C=O) groups excluding carboxylic acids is 2. The number of hydrogen-bond acceptors (Lipinski definition) is 7. The summed E-state index contributed by atoms with van der Waals surface area (Å²) in [6, 6.07) is 11.9. The summed E-state index contributed by atoms with van der Waals surface area (Å²) in [5, 5.41) is 3.88. The van der Waals surface area contributed by atoms with Gasteiger partial charge >= 0.3 is 0 Å². The van der Waals surface area contributed by atoms with E-state index >= 15 is 0 Å². The Kier molecular flexibility index (Phi) is 8.59. The van der Waals surface area contributed by atoms with Gasteiger partial charge in [-0.25, -0.2) is 13.8 Å². The average molecular weight is 463 g/mol. The molecule has 10 nitrogen and oxygen atoms in total. The maximum absolute atomic E-state index is 12.5. The molecule has 3 N–H and O–H groups in total. The summed E-state index contributed by atoms with van der Waals surface area (Å²) in [6.45, 7) is 3.56. The van der Waals surface area contributed by atoms with Crippen LogP contribution in [0, 0.1) is 0 Å². The van der Waals surface area contributed by atoms with Crippen LogP contribution in [0.1, 0.15) is 19.4 Å². The molecule has 32 heavy (non-hydrogen) atoms. The molecule has 0 aromatic heterocycles. The highest BCUT2D eigenvalue weighted by Crippen LogP contribution is 2.24. The van der Waals surface area contributed by atoms with Gasteiger partial charge in [-0.1, -0.05) is 0 Å². The summed E-state index contributed by atoms with van der Waals surface area (Å²) >= 11 is 0. The SMILES string of the molecule is CCOc1ccc(N([C@@H](C)C(=O)N/N=C\c2ccc(OCC(N)=O)cc2)S(C)(=O)=O)cc1. The normalized spacial score (nSPS) is 12.2. The molecule has 1 atom stereocenters. The highest BCUT2D eigenvalue weighted by molar-refractivity contribution is 7.92. The van der Waals surface area contributed by atoms with E-state index in [9.17, 15) is 18.0 Å². The third-order valence-electron chi connectivity index (χ3n) is 4.14. The number of sulfonamides is 1. The molecular weight excluding hydrogens is 436 g/mol. The van der Waals surface area contributed by atoms with Crippen LogP contribution < -0.4 is 24.9 Å². The van der Waals surface area contributed by atoms with Crippen LogP contribution in [-0.2, 0) is 19.6 Å². The largest absolute Gasteiger partial charge is 0.494 e. The predicted octanol–water partition coefficient (Wildman–Crippen LogP) is 1.25. The lowest BCUT2D eigenvalue weighted by Crippen LogP contribution is -2.46. The molecule has 0 aliphatic carbocycles. The lowest BCUT2D eigenvalue weighted by Gasteiger charge is -2.27. The highest BCUT2D eigenvalue weighted by atomic mass is 32.2. The maximum Gasteiger partial charge on any atom is 0.263 e. The van der Waals surface area contributed by atoms with Gasteiger partial charge in [0.2, 0.25) is 10.0 Å². The minimum absolute atomic E-state index is 0.230. The molecule has 0 saturated carbocycles. The number of hydrogen-bond donors (Lipinski definition) is 2. The van der Waals surface area contributed by atoms with E-state index in [0.717, 1.165) is 10.6 Å². The molecule has 0 radical (unpaired) electrons. The van der Waals surface area contributed by atoms with E-state index in [2.05, 4.69) is 10.5 Å². The van der Waals surface area contributed by atoms with Gasteiger partial charge in [0, 0.05) is 0 Å². The van der Waals surface area contributed by atoms with Gasteiger partial charge in [-0.15, -0.1) is 0 Å². The van der Waals surface area contributed by atoms with Crippen molar-refractivity contribution in [3.63, 3.8) is 0 Å². The van der Waals surface area contributed by atoms with Crippen LogP contribution in [0.3, 0.4) is 0 Å². The van der Waals surface area contributed by atoms with Crippen LogP contribution in [-0.4, -0.2) is 52.0 Å². The number of ether oxygens (including phenoxy) is 2. The van der Waals surface area contributed by atoms with Crippen molar-refractivity contribution in [2.75, 3.05) is 23.8 Å². The first-order chi connectivity index (χ1) is 15.1. The van der Waals surface area contributed by atoms with E-state index in [0.29, 0.717) is 29.4 Å². The molecule has 0 saturated heterocycles. The molecule has 0 bridgehead atoms. The van der Waals surface area contributed by atoms with Crippen molar-refractivity contribution >= 4 is 33.7 Å². The monoisotopic (exact) mass is 462 g/mol. The molecule has 2 aromatic rings. The van der Waals surface area contributed by atoms with E-state index in [1.807, 2.05) is 6.92 Å². The molecule has 0 fully saturated rings. The van der Waals surface area contributed by atoms with E-state index < -0.39 is 27.9 Å². The van der Waals surface area contributed by atoms with Gasteiger partial charge in [0.1, 0.15) is 17.5 Å². The number of benzene rings is 2. The zero-order valence-corrected chi connectivity index (χ0v) is 18.8. The Balaban J connectivity index is 2.05. The van der Waals surface area contributed by atoms with Crippen molar-refractivity contribution in [1.82, 2.24) is 5.43 Å². The average Bonchev–Trinajstić information content (AvgIpc) is 2.73. The molecule has 0 aliphatic heterocycles. The fourth-order valence-corrected chi connectivity index (χ4v) is 3.91. The number of carbonyl (C=O) groups is 2. The van der Waals surface area contributed by atoms with Gasteiger partial charge < -0.3 is 15.2 Å². The molecule has 172 valence electrons. The number of nitrogens with zero attached hydrogens (tertiary/aromatic N) is 2. The topological polar surface area (TPSA) is 140 Å². The second kappa shape index (κ2) is 11.1. The van der Waals surface area contributed by atoms with Gasteiger partial charge in [-0.2, -0.15) is 5.10 Å². The molecule has 2 amide bonds. The van der Waals surface area contributed by atoms with E-state index in [1.165, 1.54) is 13.1 Å². The van der Waals surface area contributed by atoms with Crippen molar-refractivity contribution in [3.8, 4) is 11.5 Å². The molecule has 0 heterocycles. The van der Waals surface area contributed by atoms with Crippen molar-refractivity contribution in [1.29, 1.82) is 0 Å². The molecule has 0 unspecified atom stereocenters. The third kappa shape index (κ3) is 7.27. The van der Waals surface area contributed by atoms with Gasteiger partial charge in [0.25, 0.3) is 11.8 Å². The molecule has 0 spiro atoms. The summed E-state index contributed by atoms with van der Waals surface area (Å²) in [4.78, 5) is 23.3. The van der Waals surface area contributed by atoms with E-state index in [4.69, 9.17) is 15.2 Å². The zero-order chi connectivity index (χ0) is 23.7. The lowest BCUT2D eigenvalue weighted by molar-refractivity contribution is -0.122. The van der Waals surface area contributed by atoms with Crippen LogP contribution in [0.15, 0.2) is 53.6 Å². The fraction of sp³-hybridized carbons (Fsp3) is 0.286. The van der Waals surface area contributed by atoms with Gasteiger partial charge in [0.05, 0.1) is 24.8 Å². The third-order valence-corrected chi connectivity index (χ3v) is 5.38. The van der Waals surface area contributed by atoms with Crippen LogP contribution >= 0.6 is 0 Å². The number of nitrogens with one attached hydrogen (secondary N) is 1. The Bertz CT molecular complexity index is 1050. The van der Waals surface area contributed by atoms with Gasteiger partial charge in [-0.3, -0.25) is 13.9 Å². The first kappa shape index (κ1) is 24.7. The Morgan fingerprint density at radius 1 is 1.09 bits per heavy atom. The van der Waals surface area contributed by atoms with E-state index in [-0.39, 0.29) is 6.61 Å². The summed E-state index contributed by atoms with van der Waals surface area (Å²) in [5.74, 6) is -0.141. The number of primary amides is 1. The lowest BCUT2D eigenvalue weighted by atomic mass is 10.2. The second-order valence-corrected chi connectivity index (χ2v) is 8.58. The van der Waals surface area contributed by atoms with Gasteiger partial charge in [0.15, 0.2) is 6.61 Å². The summed E-state index contributed by atoms with van der Waals surface area (Å²) in [6.07, 6.45) is 2.42. The first-order valence-electron chi connectivity index (χ1n) is 9.68. The van der Waals surface area contributed by atoms with Crippen molar-refractivity contribution in [3.05, 3.63) is 54.1 Å². The zero-order valence-electron chi connectivity index (χ0n) is 18.0. The van der Waals surface area contributed by atoms with Crippen LogP contribution in [0.5, 0.6) is 11.5 Å². The standard InChI is InChI=1S/C21H26N4O6S/c1-4-30-18-11-7-17(8-12-18)25(32(3,28)29)15(2)21(27)24-23-13-16-5-9-19(10-6-16)31-14-20(22)26/h5-13,15H,4,14H2,1-3H3,(H2,22,26)(H,24,27)/b23-13-/t15-/m0/s1. The van der Waals surface area contributed by atoms with Gasteiger partial charge in [-0.05, 0) is 67.9 Å². The second-order valence-electron chi connectivity index (χ2n) is 6.72. The summed E-state index contributed by atoms with van der Waals surface area (Å²) in [5.41, 5.74) is 8.34. The number of amides is 2. The predicted molar refractivity (Wildman–Crippen MR) is 121 cm³/mol.